The Morgan fingerprint density at radius 1 is 1.03 bits per heavy atom. The highest BCUT2D eigenvalue weighted by Crippen LogP contribution is 2.23. The molecule has 1 aliphatic rings. The zero-order valence-corrected chi connectivity index (χ0v) is 18.9. The van der Waals surface area contributed by atoms with Gasteiger partial charge in [0.25, 0.3) is 5.91 Å². The second kappa shape index (κ2) is 8.95. The van der Waals surface area contributed by atoms with Crippen molar-refractivity contribution in [3.8, 4) is 5.75 Å². The van der Waals surface area contributed by atoms with Gasteiger partial charge in [0.05, 0.1) is 16.9 Å². The summed E-state index contributed by atoms with van der Waals surface area (Å²) in [7, 11) is -6.05. The molecule has 0 unspecified atom stereocenters. The predicted octanol–water partition coefficient (Wildman–Crippen LogP) is 1.23. The lowest BCUT2D eigenvalue weighted by Crippen LogP contribution is -2.46. The summed E-state index contributed by atoms with van der Waals surface area (Å²) in [6.07, 6.45) is 0.879. The topological polar surface area (TPSA) is 136 Å². The van der Waals surface area contributed by atoms with Gasteiger partial charge in [-0.2, -0.15) is 4.31 Å². The number of nitrogens with one attached hydrogen (secondary N) is 1. The molecule has 3 N–H and O–H groups in total. The van der Waals surface area contributed by atoms with E-state index in [2.05, 4.69) is 5.32 Å². The van der Waals surface area contributed by atoms with E-state index in [-0.39, 0.29) is 34.5 Å². The van der Waals surface area contributed by atoms with Crippen LogP contribution in [0.15, 0.2) is 52.3 Å². The third-order valence-electron chi connectivity index (χ3n) is 5.27. The van der Waals surface area contributed by atoms with Crippen molar-refractivity contribution in [3.63, 3.8) is 0 Å². The van der Waals surface area contributed by atoms with Crippen LogP contribution in [0.1, 0.15) is 28.8 Å². The molecular weight excluding hydrogens is 442 g/mol. The molecule has 31 heavy (non-hydrogen) atoms. The van der Waals surface area contributed by atoms with Crippen LogP contribution in [0.2, 0.25) is 0 Å². The molecule has 3 rings (SSSR count). The van der Waals surface area contributed by atoms with E-state index in [1.807, 2.05) is 0 Å². The minimum Gasteiger partial charge on any atom is -0.497 e. The van der Waals surface area contributed by atoms with Gasteiger partial charge in [0, 0.05) is 24.7 Å². The van der Waals surface area contributed by atoms with Crippen LogP contribution in [0.3, 0.4) is 0 Å². The van der Waals surface area contributed by atoms with Crippen LogP contribution in [-0.4, -0.2) is 53.3 Å². The van der Waals surface area contributed by atoms with Crippen molar-refractivity contribution in [1.29, 1.82) is 0 Å². The SMILES string of the molecule is COc1ccc(S(=O)(=O)N2CCC(NC(=O)c3cc(S(N)(=O)=O)ccc3C)CC2)cc1. The lowest BCUT2D eigenvalue weighted by molar-refractivity contribution is 0.0923. The van der Waals surface area contributed by atoms with Crippen molar-refractivity contribution < 1.29 is 26.4 Å². The van der Waals surface area contributed by atoms with Crippen LogP contribution < -0.4 is 15.2 Å². The summed E-state index contributed by atoms with van der Waals surface area (Å²) in [5.41, 5.74) is 0.837. The molecule has 9 nitrogen and oxygen atoms in total. The molecule has 0 spiro atoms. The van der Waals surface area contributed by atoms with Gasteiger partial charge < -0.3 is 10.1 Å². The number of nitrogens with two attached hydrogens (primary N) is 1. The summed E-state index contributed by atoms with van der Waals surface area (Å²) < 4.78 is 55.3. The summed E-state index contributed by atoms with van der Waals surface area (Å²) in [4.78, 5) is 12.7. The first-order valence-corrected chi connectivity index (χ1v) is 12.6. The predicted molar refractivity (Wildman–Crippen MR) is 115 cm³/mol. The number of amides is 1. The van der Waals surface area contributed by atoms with Gasteiger partial charge in [-0.25, -0.2) is 22.0 Å². The maximum atomic E-state index is 12.8. The molecular formula is C20H25N3O6S2. The lowest BCUT2D eigenvalue weighted by atomic mass is 10.0. The number of sulfonamides is 2. The number of benzene rings is 2. The van der Waals surface area contributed by atoms with E-state index in [9.17, 15) is 21.6 Å². The molecule has 168 valence electrons. The molecule has 0 radical (unpaired) electrons. The molecule has 0 aliphatic carbocycles. The van der Waals surface area contributed by atoms with Gasteiger partial charge in [-0.15, -0.1) is 0 Å². The van der Waals surface area contributed by atoms with E-state index in [0.717, 1.165) is 0 Å². The number of carbonyl (C=O) groups excluding carboxylic acids is 1. The summed E-state index contributed by atoms with van der Waals surface area (Å²) in [5, 5.41) is 8.02. The van der Waals surface area contributed by atoms with Crippen molar-refractivity contribution in [2.75, 3.05) is 20.2 Å². The van der Waals surface area contributed by atoms with Gasteiger partial charge >= 0.3 is 0 Å². The number of methoxy groups -OCH3 is 1. The normalized spacial score (nSPS) is 16.1. The largest absolute Gasteiger partial charge is 0.497 e. The summed E-state index contributed by atoms with van der Waals surface area (Å²) in [6.45, 7) is 2.22. The number of nitrogens with zero attached hydrogens (tertiary/aromatic N) is 1. The van der Waals surface area contributed by atoms with Crippen molar-refractivity contribution in [2.24, 2.45) is 5.14 Å². The average molecular weight is 468 g/mol. The Labute approximate surface area is 182 Å². The maximum absolute atomic E-state index is 12.8. The molecule has 1 saturated heterocycles. The standard InChI is InChI=1S/C20H25N3O6S2/c1-14-3-6-18(30(21,25)26)13-19(14)20(24)22-15-9-11-23(12-10-15)31(27,28)17-7-4-16(29-2)5-8-17/h3-8,13,15H,9-12H2,1-2H3,(H,22,24)(H2,21,25,26). The first-order valence-electron chi connectivity index (χ1n) is 9.61. The number of carbonyl (C=O) groups is 1. The Balaban J connectivity index is 1.65. The zero-order chi connectivity index (χ0) is 22.8. The molecule has 0 atom stereocenters. The van der Waals surface area contributed by atoms with E-state index < -0.39 is 26.0 Å². The third kappa shape index (κ3) is 5.24. The Hall–Kier alpha value is -2.47. The van der Waals surface area contributed by atoms with Crippen molar-refractivity contribution in [3.05, 3.63) is 53.6 Å². The molecule has 0 bridgehead atoms. The van der Waals surface area contributed by atoms with Crippen LogP contribution in [0.25, 0.3) is 0 Å². The first kappa shape index (κ1) is 23.2. The summed E-state index contributed by atoms with van der Waals surface area (Å²) in [5.74, 6) is 0.154. The van der Waals surface area contributed by atoms with E-state index in [1.54, 1.807) is 19.1 Å². The second-order valence-electron chi connectivity index (χ2n) is 7.35. The van der Waals surface area contributed by atoms with Crippen molar-refractivity contribution in [2.45, 2.75) is 35.6 Å². The van der Waals surface area contributed by atoms with Gasteiger partial charge in [-0.1, -0.05) is 6.07 Å². The Morgan fingerprint density at radius 3 is 2.16 bits per heavy atom. The van der Waals surface area contributed by atoms with E-state index in [0.29, 0.717) is 24.2 Å². The highest BCUT2D eigenvalue weighted by atomic mass is 32.2. The van der Waals surface area contributed by atoms with E-state index in [1.165, 1.54) is 41.7 Å². The highest BCUT2D eigenvalue weighted by molar-refractivity contribution is 7.89. The second-order valence-corrected chi connectivity index (χ2v) is 10.8. The fraction of sp³-hybridized carbons (Fsp3) is 0.350. The van der Waals surface area contributed by atoms with Gasteiger partial charge in [0.15, 0.2) is 0 Å². The quantitative estimate of drug-likeness (QED) is 0.656. The molecule has 2 aromatic rings. The Kier molecular flexibility index (Phi) is 6.70. The number of ether oxygens (including phenoxy) is 1. The molecule has 2 aromatic carbocycles. The average Bonchev–Trinajstić information content (AvgIpc) is 2.73. The lowest BCUT2D eigenvalue weighted by Gasteiger charge is -2.31. The van der Waals surface area contributed by atoms with Gasteiger partial charge in [0.1, 0.15) is 5.75 Å². The fourth-order valence-electron chi connectivity index (χ4n) is 3.42. The van der Waals surface area contributed by atoms with Gasteiger partial charge in [-0.3, -0.25) is 4.79 Å². The number of primary sulfonamides is 1. The molecule has 11 heteroatoms. The van der Waals surface area contributed by atoms with Crippen LogP contribution >= 0.6 is 0 Å². The molecule has 0 saturated carbocycles. The van der Waals surface area contributed by atoms with Gasteiger partial charge in [0.2, 0.25) is 20.0 Å². The monoisotopic (exact) mass is 467 g/mol. The van der Waals surface area contributed by atoms with Crippen LogP contribution in [0, 0.1) is 6.92 Å². The molecule has 1 fully saturated rings. The van der Waals surface area contributed by atoms with E-state index >= 15 is 0 Å². The molecule has 1 amide bonds. The Bertz CT molecular complexity index is 1170. The first-order chi connectivity index (χ1) is 14.5. The summed E-state index contributed by atoms with van der Waals surface area (Å²) >= 11 is 0. The van der Waals surface area contributed by atoms with Crippen molar-refractivity contribution in [1.82, 2.24) is 9.62 Å². The maximum Gasteiger partial charge on any atom is 0.251 e. The minimum atomic E-state index is -3.92. The summed E-state index contributed by atoms with van der Waals surface area (Å²) in [6, 6.07) is 10.1. The third-order valence-corrected chi connectivity index (χ3v) is 8.09. The van der Waals surface area contributed by atoms with Crippen LogP contribution in [0.4, 0.5) is 0 Å². The molecule has 1 aliphatic heterocycles. The number of hydrogen-bond donors (Lipinski definition) is 2. The van der Waals surface area contributed by atoms with Crippen molar-refractivity contribution >= 4 is 26.0 Å². The fourth-order valence-corrected chi connectivity index (χ4v) is 5.43. The number of hydrogen-bond acceptors (Lipinski definition) is 6. The minimum absolute atomic E-state index is 0.136. The number of aryl methyl sites for hydroxylation is 1. The molecule has 0 aromatic heterocycles. The zero-order valence-electron chi connectivity index (χ0n) is 17.2. The van der Waals surface area contributed by atoms with Gasteiger partial charge in [-0.05, 0) is 61.7 Å². The Morgan fingerprint density at radius 2 is 1.61 bits per heavy atom. The number of piperidine rings is 1. The highest BCUT2D eigenvalue weighted by Gasteiger charge is 2.30. The molecule has 1 heterocycles. The van der Waals surface area contributed by atoms with Crippen LogP contribution in [-0.2, 0) is 20.0 Å². The number of rotatable bonds is 6. The van der Waals surface area contributed by atoms with E-state index in [4.69, 9.17) is 9.88 Å². The smallest absolute Gasteiger partial charge is 0.251 e. The van der Waals surface area contributed by atoms with Crippen LogP contribution in [0.5, 0.6) is 5.75 Å².